The molecule has 2 amide bonds. The molecule has 2 aliphatic heterocycles. The molecule has 0 saturated carbocycles. The minimum Gasteiger partial charge on any atom is -0.452 e. The first kappa shape index (κ1) is 14.1. The molecule has 6 nitrogen and oxygen atoms in total. The fraction of sp³-hybridized carbons (Fsp3) is 0.357. The number of ether oxygens (including phenoxy) is 1. The van der Waals surface area contributed by atoms with E-state index in [-0.39, 0.29) is 18.4 Å². The number of rotatable bonds is 0. The van der Waals surface area contributed by atoms with Gasteiger partial charge in [-0.15, -0.1) is 0 Å². The Morgan fingerprint density at radius 1 is 1.52 bits per heavy atom. The quantitative estimate of drug-likeness (QED) is 0.671. The molecule has 1 unspecified atom stereocenters. The topological polar surface area (TPSA) is 62.7 Å². The van der Waals surface area contributed by atoms with Crippen LogP contribution in [0, 0.1) is 0 Å². The van der Waals surface area contributed by atoms with Crippen LogP contribution in [0.2, 0.25) is 0 Å². The van der Waals surface area contributed by atoms with Crippen molar-refractivity contribution >= 4 is 39.5 Å². The number of hydrogen-bond acceptors (Lipinski definition) is 5. The van der Waals surface area contributed by atoms with E-state index < -0.39 is 6.09 Å². The Bertz CT molecular complexity index is 659. The summed E-state index contributed by atoms with van der Waals surface area (Å²) in [6, 6.07) is 3.44. The number of aromatic nitrogens is 1. The second-order valence-electron chi connectivity index (χ2n) is 5.00. The van der Waals surface area contributed by atoms with Gasteiger partial charge in [0.2, 0.25) is 5.91 Å². The molecule has 0 bridgehead atoms. The summed E-state index contributed by atoms with van der Waals surface area (Å²) in [5.41, 5.74) is 2.92. The number of imide groups is 1. The molecule has 0 spiro atoms. The monoisotopic (exact) mass is 351 g/mol. The third kappa shape index (κ3) is 2.12. The van der Waals surface area contributed by atoms with Crippen LogP contribution in [-0.4, -0.2) is 41.6 Å². The van der Waals surface area contributed by atoms with E-state index in [0.717, 1.165) is 22.5 Å². The third-order valence-electron chi connectivity index (χ3n) is 3.83. The van der Waals surface area contributed by atoms with Gasteiger partial charge in [-0.05, 0) is 30.2 Å². The molecule has 0 aliphatic carbocycles. The van der Waals surface area contributed by atoms with Crippen LogP contribution in [0.1, 0.15) is 18.9 Å². The lowest BCUT2D eigenvalue weighted by Crippen LogP contribution is -2.48. The van der Waals surface area contributed by atoms with Crippen molar-refractivity contribution in [3.8, 4) is 0 Å². The van der Waals surface area contributed by atoms with Crippen LogP contribution < -0.4 is 3.93 Å². The molecule has 2 aliphatic rings. The van der Waals surface area contributed by atoms with Gasteiger partial charge in [0.25, 0.3) is 0 Å². The molecule has 0 aromatic carbocycles. The second kappa shape index (κ2) is 5.14. The summed E-state index contributed by atoms with van der Waals surface area (Å²) < 4.78 is 6.57. The number of amides is 2. The van der Waals surface area contributed by atoms with E-state index in [1.54, 1.807) is 6.20 Å². The SMILES string of the molecule is COC(=O)N1C(=O)CC2=C(c3cccnc3N(Br)C2)C1C. The number of hydrogen-bond donors (Lipinski definition) is 0. The predicted molar refractivity (Wildman–Crippen MR) is 80.8 cm³/mol. The molecule has 3 heterocycles. The molecule has 1 aromatic heterocycles. The van der Waals surface area contributed by atoms with Gasteiger partial charge in [0.15, 0.2) is 0 Å². The Morgan fingerprint density at radius 3 is 3.00 bits per heavy atom. The van der Waals surface area contributed by atoms with Crippen molar-refractivity contribution in [2.24, 2.45) is 0 Å². The first-order valence-electron chi connectivity index (χ1n) is 6.55. The Kier molecular flexibility index (Phi) is 3.44. The van der Waals surface area contributed by atoms with Crippen molar-refractivity contribution in [3.63, 3.8) is 0 Å². The van der Waals surface area contributed by atoms with E-state index >= 15 is 0 Å². The van der Waals surface area contributed by atoms with Crippen LogP contribution in [0.3, 0.4) is 0 Å². The standard InChI is InChI=1S/C14H14BrN3O3/c1-8-12-9(6-11(19)18(8)14(20)21-2)7-17(15)13-10(12)4-3-5-16-13/h3-5,8H,6-7H2,1-2H3. The highest BCUT2D eigenvalue weighted by molar-refractivity contribution is 9.10. The van der Waals surface area contributed by atoms with Gasteiger partial charge >= 0.3 is 6.09 Å². The Balaban J connectivity index is 2.12. The lowest BCUT2D eigenvalue weighted by atomic mass is 9.86. The minimum absolute atomic E-state index is 0.213. The maximum Gasteiger partial charge on any atom is 0.416 e. The molecule has 21 heavy (non-hydrogen) atoms. The zero-order chi connectivity index (χ0) is 15.1. The lowest BCUT2D eigenvalue weighted by molar-refractivity contribution is -0.130. The predicted octanol–water partition coefficient (Wildman–Crippen LogP) is 2.35. The van der Waals surface area contributed by atoms with Crippen LogP contribution in [0.15, 0.2) is 23.9 Å². The summed E-state index contributed by atoms with van der Waals surface area (Å²) in [5.74, 6) is 0.559. The van der Waals surface area contributed by atoms with Gasteiger partial charge in [0.05, 0.1) is 42.3 Å². The number of fused-ring (bicyclic) bond motifs is 2. The molecule has 1 aromatic rings. The normalized spacial score (nSPS) is 21.1. The van der Waals surface area contributed by atoms with E-state index in [0.29, 0.717) is 6.54 Å². The molecular weight excluding hydrogens is 338 g/mol. The molecule has 0 fully saturated rings. The lowest BCUT2D eigenvalue weighted by Gasteiger charge is -2.39. The number of nitrogens with zero attached hydrogens (tertiary/aromatic N) is 3. The van der Waals surface area contributed by atoms with E-state index in [9.17, 15) is 9.59 Å². The molecule has 1 atom stereocenters. The number of pyridine rings is 1. The van der Waals surface area contributed by atoms with Crippen LogP contribution in [0.25, 0.3) is 5.57 Å². The largest absolute Gasteiger partial charge is 0.452 e. The van der Waals surface area contributed by atoms with Gasteiger partial charge in [0, 0.05) is 11.8 Å². The van der Waals surface area contributed by atoms with Gasteiger partial charge in [-0.2, -0.15) is 0 Å². The van der Waals surface area contributed by atoms with Gasteiger partial charge in [-0.1, -0.05) is 0 Å². The molecular formula is C14H14BrN3O3. The second-order valence-corrected chi connectivity index (χ2v) is 5.85. The van der Waals surface area contributed by atoms with E-state index in [4.69, 9.17) is 4.74 Å². The van der Waals surface area contributed by atoms with Gasteiger partial charge < -0.3 is 4.74 Å². The summed E-state index contributed by atoms with van der Waals surface area (Å²) in [7, 11) is 1.28. The molecule has 7 heteroatoms. The van der Waals surface area contributed by atoms with Crippen molar-refractivity contribution in [2.45, 2.75) is 19.4 Å². The van der Waals surface area contributed by atoms with Crippen LogP contribution in [0.5, 0.6) is 0 Å². The average Bonchev–Trinajstić information content (AvgIpc) is 2.46. The van der Waals surface area contributed by atoms with Gasteiger partial charge in [0.1, 0.15) is 5.82 Å². The summed E-state index contributed by atoms with van der Waals surface area (Å²) >= 11 is 3.47. The van der Waals surface area contributed by atoms with E-state index in [1.807, 2.05) is 23.0 Å². The van der Waals surface area contributed by atoms with E-state index in [1.165, 1.54) is 12.0 Å². The Morgan fingerprint density at radius 2 is 2.29 bits per heavy atom. The van der Waals surface area contributed by atoms with Crippen LogP contribution in [-0.2, 0) is 9.53 Å². The number of halogens is 1. The third-order valence-corrected chi connectivity index (χ3v) is 4.41. The smallest absolute Gasteiger partial charge is 0.416 e. The minimum atomic E-state index is -0.620. The highest BCUT2D eigenvalue weighted by Crippen LogP contribution is 2.41. The maximum absolute atomic E-state index is 12.2. The van der Waals surface area contributed by atoms with Gasteiger partial charge in [-0.25, -0.2) is 14.7 Å². The average molecular weight is 352 g/mol. The molecule has 0 saturated heterocycles. The summed E-state index contributed by atoms with van der Waals surface area (Å²) in [6.45, 7) is 2.41. The fourth-order valence-corrected chi connectivity index (χ4v) is 3.55. The summed E-state index contributed by atoms with van der Waals surface area (Å²) in [6.07, 6.45) is 1.31. The van der Waals surface area contributed by atoms with Crippen molar-refractivity contribution in [3.05, 3.63) is 29.5 Å². The Labute approximate surface area is 130 Å². The number of anilines is 1. The molecule has 3 rings (SSSR count). The first-order valence-corrected chi connectivity index (χ1v) is 7.26. The van der Waals surface area contributed by atoms with Crippen molar-refractivity contribution < 1.29 is 14.3 Å². The maximum atomic E-state index is 12.2. The Hall–Kier alpha value is -1.89. The van der Waals surface area contributed by atoms with Crippen LogP contribution >= 0.6 is 16.1 Å². The molecule has 110 valence electrons. The zero-order valence-corrected chi connectivity index (χ0v) is 13.3. The van der Waals surface area contributed by atoms with Crippen molar-refractivity contribution in [1.29, 1.82) is 0 Å². The number of methoxy groups -OCH3 is 1. The highest BCUT2D eigenvalue weighted by Gasteiger charge is 2.40. The number of carbonyl (C=O) groups excluding carboxylic acids is 2. The fourth-order valence-electron chi connectivity index (χ4n) is 2.96. The van der Waals surface area contributed by atoms with E-state index in [2.05, 4.69) is 21.1 Å². The van der Waals surface area contributed by atoms with Crippen LogP contribution in [0.4, 0.5) is 10.6 Å². The van der Waals surface area contributed by atoms with Gasteiger partial charge in [-0.3, -0.25) is 8.72 Å². The molecule has 0 N–H and O–H groups in total. The number of carbonyl (C=O) groups is 2. The summed E-state index contributed by atoms with van der Waals surface area (Å²) in [5, 5.41) is 0. The highest BCUT2D eigenvalue weighted by atomic mass is 79.9. The molecule has 0 radical (unpaired) electrons. The first-order chi connectivity index (χ1) is 10.0. The summed E-state index contributed by atoms with van der Waals surface area (Å²) in [4.78, 5) is 29.6. The van der Waals surface area contributed by atoms with Crippen molar-refractivity contribution in [2.75, 3.05) is 17.6 Å². The zero-order valence-electron chi connectivity index (χ0n) is 11.7. The van der Waals surface area contributed by atoms with Crippen molar-refractivity contribution in [1.82, 2.24) is 9.88 Å².